The highest BCUT2D eigenvalue weighted by molar-refractivity contribution is 7.89. The maximum absolute atomic E-state index is 10.6. The fourth-order valence-electron chi connectivity index (χ4n) is 1.18. The Morgan fingerprint density at radius 2 is 1.88 bits per heavy atom. The van der Waals surface area contributed by atoms with Crippen molar-refractivity contribution in [1.29, 1.82) is 0 Å². The van der Waals surface area contributed by atoms with Crippen LogP contribution in [-0.2, 0) is 10.0 Å². The Balaban J connectivity index is 2.43. The molecule has 7 heteroatoms. The Hall–Kier alpha value is -1.21. The van der Waals surface area contributed by atoms with E-state index in [0.29, 0.717) is 6.42 Å². The minimum atomic E-state index is -3.42. The second-order valence-corrected chi connectivity index (χ2v) is 5.24. The highest BCUT2D eigenvalue weighted by Crippen LogP contribution is 2.06. The Bertz CT molecular complexity index is 439. The van der Waals surface area contributed by atoms with Gasteiger partial charge in [0.05, 0.1) is 12.4 Å². The zero-order valence-electron chi connectivity index (χ0n) is 9.30. The number of aryl methyl sites for hydroxylation is 2. The first-order chi connectivity index (χ1) is 7.37. The van der Waals surface area contributed by atoms with E-state index >= 15 is 0 Å². The molecule has 90 valence electrons. The molecular formula is C9H15N3O3S. The number of primary sulfonamides is 1. The summed E-state index contributed by atoms with van der Waals surface area (Å²) in [6, 6.07) is 2.10. The Labute approximate surface area is 94.9 Å². The monoisotopic (exact) mass is 245 g/mol. The van der Waals surface area contributed by atoms with Gasteiger partial charge in [0.25, 0.3) is 0 Å². The van der Waals surface area contributed by atoms with Gasteiger partial charge in [-0.25, -0.2) is 23.5 Å². The van der Waals surface area contributed by atoms with Gasteiger partial charge in [-0.05, 0) is 26.3 Å². The first-order valence-electron chi connectivity index (χ1n) is 4.82. The summed E-state index contributed by atoms with van der Waals surface area (Å²) >= 11 is 0. The largest absolute Gasteiger partial charge is 0.463 e. The van der Waals surface area contributed by atoms with E-state index in [9.17, 15) is 8.42 Å². The Kier molecular flexibility index (Phi) is 4.19. The zero-order chi connectivity index (χ0) is 12.2. The van der Waals surface area contributed by atoms with E-state index in [0.717, 1.165) is 11.4 Å². The molecule has 0 fully saturated rings. The van der Waals surface area contributed by atoms with Gasteiger partial charge in [0, 0.05) is 11.4 Å². The van der Waals surface area contributed by atoms with Gasteiger partial charge in [-0.1, -0.05) is 0 Å². The molecule has 1 rings (SSSR count). The molecule has 0 aromatic carbocycles. The number of nitrogens with two attached hydrogens (primary N) is 1. The van der Waals surface area contributed by atoms with Crippen LogP contribution in [0.15, 0.2) is 6.07 Å². The van der Waals surface area contributed by atoms with Crippen molar-refractivity contribution in [3.8, 4) is 6.01 Å². The van der Waals surface area contributed by atoms with Crippen molar-refractivity contribution < 1.29 is 13.2 Å². The number of hydrogen-bond donors (Lipinski definition) is 1. The normalized spacial score (nSPS) is 11.4. The maximum Gasteiger partial charge on any atom is 0.316 e. The van der Waals surface area contributed by atoms with Gasteiger partial charge in [0.1, 0.15) is 0 Å². The molecule has 0 atom stereocenters. The summed E-state index contributed by atoms with van der Waals surface area (Å²) in [6.07, 6.45) is 0.329. The summed E-state index contributed by atoms with van der Waals surface area (Å²) in [5, 5.41) is 4.85. The van der Waals surface area contributed by atoms with Crippen LogP contribution in [0.25, 0.3) is 0 Å². The minimum absolute atomic E-state index is 0.0994. The van der Waals surface area contributed by atoms with Crippen LogP contribution in [0.5, 0.6) is 6.01 Å². The molecule has 1 aromatic rings. The van der Waals surface area contributed by atoms with Gasteiger partial charge in [-0.2, -0.15) is 0 Å². The first kappa shape index (κ1) is 12.9. The Morgan fingerprint density at radius 1 is 1.31 bits per heavy atom. The van der Waals surface area contributed by atoms with Crippen molar-refractivity contribution in [3.63, 3.8) is 0 Å². The summed E-state index contributed by atoms with van der Waals surface area (Å²) < 4.78 is 26.5. The van der Waals surface area contributed by atoms with Crippen LogP contribution >= 0.6 is 0 Å². The van der Waals surface area contributed by atoms with Crippen molar-refractivity contribution in [2.75, 3.05) is 12.4 Å². The van der Waals surface area contributed by atoms with Crippen LogP contribution in [0, 0.1) is 13.8 Å². The van der Waals surface area contributed by atoms with Crippen LogP contribution in [-0.4, -0.2) is 30.7 Å². The second-order valence-electron chi connectivity index (χ2n) is 3.50. The SMILES string of the molecule is Cc1cc(C)nc(OCCCS(N)(=O)=O)n1. The molecule has 2 N–H and O–H groups in total. The summed E-state index contributed by atoms with van der Waals surface area (Å²) in [5.74, 6) is -0.0994. The van der Waals surface area contributed by atoms with Crippen LogP contribution in [0.4, 0.5) is 0 Å². The molecule has 0 amide bonds. The van der Waals surface area contributed by atoms with E-state index in [1.54, 1.807) is 0 Å². The molecule has 1 aromatic heterocycles. The molecule has 1 heterocycles. The van der Waals surface area contributed by atoms with Crippen LogP contribution in [0.2, 0.25) is 0 Å². The summed E-state index contributed by atoms with van der Waals surface area (Å²) in [6.45, 7) is 3.91. The standard InChI is InChI=1S/C9H15N3O3S/c1-7-6-8(2)12-9(11-7)15-4-3-5-16(10,13)14/h6H,3-5H2,1-2H3,(H2,10,13,14). The fourth-order valence-corrected chi connectivity index (χ4v) is 1.70. The van der Waals surface area contributed by atoms with Crippen molar-refractivity contribution in [3.05, 3.63) is 17.5 Å². The van der Waals surface area contributed by atoms with Gasteiger partial charge in [-0.15, -0.1) is 0 Å². The summed E-state index contributed by atoms with van der Waals surface area (Å²) in [7, 11) is -3.42. The molecule has 0 aliphatic heterocycles. The van der Waals surface area contributed by atoms with Crippen LogP contribution < -0.4 is 9.88 Å². The summed E-state index contributed by atoms with van der Waals surface area (Å²) in [5.41, 5.74) is 1.63. The van der Waals surface area contributed by atoms with Crippen molar-refractivity contribution >= 4 is 10.0 Å². The van der Waals surface area contributed by atoms with Crippen molar-refractivity contribution in [1.82, 2.24) is 9.97 Å². The lowest BCUT2D eigenvalue weighted by molar-refractivity contribution is 0.291. The molecule has 0 aliphatic carbocycles. The van der Waals surface area contributed by atoms with E-state index in [1.807, 2.05) is 19.9 Å². The van der Waals surface area contributed by atoms with E-state index in [2.05, 4.69) is 9.97 Å². The number of nitrogens with zero attached hydrogens (tertiary/aromatic N) is 2. The zero-order valence-corrected chi connectivity index (χ0v) is 10.1. The maximum atomic E-state index is 10.6. The molecule has 0 unspecified atom stereocenters. The predicted molar refractivity (Wildman–Crippen MR) is 59.6 cm³/mol. The van der Waals surface area contributed by atoms with Crippen molar-refractivity contribution in [2.45, 2.75) is 20.3 Å². The number of sulfonamides is 1. The highest BCUT2D eigenvalue weighted by atomic mass is 32.2. The average Bonchev–Trinajstić information content (AvgIpc) is 2.09. The third kappa shape index (κ3) is 5.04. The summed E-state index contributed by atoms with van der Waals surface area (Å²) in [4.78, 5) is 8.11. The molecule has 0 aliphatic rings. The molecule has 0 bridgehead atoms. The van der Waals surface area contributed by atoms with Crippen LogP contribution in [0.3, 0.4) is 0 Å². The van der Waals surface area contributed by atoms with Gasteiger partial charge in [0.15, 0.2) is 0 Å². The number of ether oxygens (including phenoxy) is 1. The average molecular weight is 245 g/mol. The van der Waals surface area contributed by atoms with E-state index in [-0.39, 0.29) is 18.4 Å². The predicted octanol–water partition coefficient (Wildman–Crippen LogP) is 0.151. The third-order valence-electron chi connectivity index (χ3n) is 1.77. The Morgan fingerprint density at radius 3 is 2.38 bits per heavy atom. The highest BCUT2D eigenvalue weighted by Gasteiger charge is 2.04. The van der Waals surface area contributed by atoms with Crippen LogP contribution in [0.1, 0.15) is 17.8 Å². The molecule has 0 saturated heterocycles. The minimum Gasteiger partial charge on any atom is -0.463 e. The van der Waals surface area contributed by atoms with Gasteiger partial charge >= 0.3 is 6.01 Å². The molecular weight excluding hydrogens is 230 g/mol. The lowest BCUT2D eigenvalue weighted by Gasteiger charge is -2.05. The van der Waals surface area contributed by atoms with Gasteiger partial charge in [0.2, 0.25) is 10.0 Å². The molecule has 0 saturated carbocycles. The molecule has 0 radical (unpaired) electrons. The lowest BCUT2D eigenvalue weighted by atomic mass is 10.4. The van der Waals surface area contributed by atoms with Gasteiger partial charge < -0.3 is 4.74 Å². The first-order valence-corrected chi connectivity index (χ1v) is 6.54. The number of hydrogen-bond acceptors (Lipinski definition) is 5. The van der Waals surface area contributed by atoms with Crippen molar-refractivity contribution in [2.24, 2.45) is 5.14 Å². The second kappa shape index (κ2) is 5.22. The number of rotatable bonds is 5. The topological polar surface area (TPSA) is 95.2 Å². The number of aromatic nitrogens is 2. The van der Waals surface area contributed by atoms with E-state index in [1.165, 1.54) is 0 Å². The fraction of sp³-hybridized carbons (Fsp3) is 0.556. The van der Waals surface area contributed by atoms with E-state index < -0.39 is 10.0 Å². The third-order valence-corrected chi connectivity index (χ3v) is 2.62. The smallest absolute Gasteiger partial charge is 0.316 e. The molecule has 0 spiro atoms. The lowest BCUT2D eigenvalue weighted by Crippen LogP contribution is -2.18. The quantitative estimate of drug-likeness (QED) is 0.745. The van der Waals surface area contributed by atoms with E-state index in [4.69, 9.17) is 9.88 Å². The molecule has 16 heavy (non-hydrogen) atoms. The molecule has 6 nitrogen and oxygen atoms in total. The van der Waals surface area contributed by atoms with Gasteiger partial charge in [-0.3, -0.25) is 0 Å².